The van der Waals surface area contributed by atoms with Crippen LogP contribution in [-0.2, 0) is 4.74 Å². The first-order chi connectivity index (χ1) is 12.6. The molecule has 2 aliphatic rings. The average Bonchev–Trinajstić information content (AvgIpc) is 2.67. The number of hydrogen-bond donors (Lipinski definition) is 1. The van der Waals surface area contributed by atoms with Crippen molar-refractivity contribution >= 4 is 11.7 Å². The Bertz CT molecular complexity index is 593. The lowest BCUT2D eigenvalue weighted by Gasteiger charge is -2.36. The summed E-state index contributed by atoms with van der Waals surface area (Å²) in [6.45, 7) is 9.75. The number of ether oxygens (including phenoxy) is 1. The number of likely N-dealkylation sites (tertiary alicyclic amines) is 1. The molecule has 1 aromatic rings. The van der Waals surface area contributed by atoms with E-state index in [4.69, 9.17) is 4.74 Å². The van der Waals surface area contributed by atoms with Crippen LogP contribution < -0.4 is 5.32 Å². The van der Waals surface area contributed by atoms with Crippen LogP contribution in [0.4, 0.5) is 10.5 Å². The second kappa shape index (κ2) is 9.38. The van der Waals surface area contributed by atoms with Crippen molar-refractivity contribution in [1.82, 2.24) is 9.80 Å². The Labute approximate surface area is 157 Å². The van der Waals surface area contributed by atoms with E-state index in [0.717, 1.165) is 50.4 Å². The molecule has 3 rings (SSSR count). The number of carbonyl (C=O) groups excluding carboxylic acids is 1. The summed E-state index contributed by atoms with van der Waals surface area (Å²) in [6.07, 6.45) is 5.77. The maximum atomic E-state index is 13.1. The number of piperidine rings is 1. The molecule has 0 radical (unpaired) electrons. The van der Waals surface area contributed by atoms with E-state index in [0.29, 0.717) is 0 Å². The Kier molecular flexibility index (Phi) is 6.92. The van der Waals surface area contributed by atoms with Crippen molar-refractivity contribution < 1.29 is 9.53 Å². The summed E-state index contributed by atoms with van der Waals surface area (Å²) in [5.74, 6) is 0. The Balaban J connectivity index is 1.66. The molecule has 1 N–H and O–H groups in total. The normalized spacial score (nSPS) is 19.3. The lowest BCUT2D eigenvalue weighted by atomic mass is 10.1. The smallest absolute Gasteiger partial charge is 0.322 e. The van der Waals surface area contributed by atoms with Crippen LogP contribution in [-0.4, -0.2) is 61.3 Å². The predicted octanol–water partition coefficient (Wildman–Crippen LogP) is 3.80. The van der Waals surface area contributed by atoms with Gasteiger partial charge in [-0.15, -0.1) is 0 Å². The zero-order valence-electron chi connectivity index (χ0n) is 16.3. The third-order valence-electron chi connectivity index (χ3n) is 5.84. The van der Waals surface area contributed by atoms with Crippen LogP contribution in [0.15, 0.2) is 18.2 Å². The highest BCUT2D eigenvalue weighted by Crippen LogP contribution is 2.21. The van der Waals surface area contributed by atoms with Gasteiger partial charge in [0.25, 0.3) is 0 Å². The molecule has 2 fully saturated rings. The monoisotopic (exact) mass is 359 g/mol. The van der Waals surface area contributed by atoms with E-state index in [-0.39, 0.29) is 12.1 Å². The summed E-state index contributed by atoms with van der Waals surface area (Å²) in [5.41, 5.74) is 3.27. The summed E-state index contributed by atoms with van der Waals surface area (Å²) < 4.78 is 5.51. The van der Waals surface area contributed by atoms with Crippen LogP contribution in [0.5, 0.6) is 0 Å². The zero-order chi connectivity index (χ0) is 18.4. The molecule has 2 amide bonds. The van der Waals surface area contributed by atoms with Crippen LogP contribution in [0.3, 0.4) is 0 Å². The third kappa shape index (κ3) is 4.98. The number of amides is 2. The number of anilines is 1. The summed E-state index contributed by atoms with van der Waals surface area (Å²) in [4.78, 5) is 17.7. The van der Waals surface area contributed by atoms with Gasteiger partial charge in [0.05, 0.1) is 0 Å². The van der Waals surface area contributed by atoms with Gasteiger partial charge in [-0.2, -0.15) is 0 Å². The van der Waals surface area contributed by atoms with Crippen LogP contribution in [0.2, 0.25) is 0 Å². The highest BCUT2D eigenvalue weighted by Gasteiger charge is 2.26. The topological polar surface area (TPSA) is 44.8 Å². The van der Waals surface area contributed by atoms with Gasteiger partial charge >= 0.3 is 6.03 Å². The van der Waals surface area contributed by atoms with Crippen molar-refractivity contribution in [3.05, 3.63) is 29.3 Å². The number of urea groups is 1. The van der Waals surface area contributed by atoms with Crippen molar-refractivity contribution in [3.63, 3.8) is 0 Å². The van der Waals surface area contributed by atoms with Gasteiger partial charge in [-0.05, 0) is 69.8 Å². The number of hydrogen-bond acceptors (Lipinski definition) is 3. The van der Waals surface area contributed by atoms with Gasteiger partial charge in [0.15, 0.2) is 0 Å². The lowest BCUT2D eigenvalue weighted by molar-refractivity contribution is 0.0447. The van der Waals surface area contributed by atoms with E-state index >= 15 is 0 Å². The SMILES string of the molecule is Cc1cccc(NC(=O)N(CCN2CCCCC2)C2CCOCC2)c1C. The molecular weight excluding hydrogens is 326 g/mol. The van der Waals surface area contributed by atoms with Crippen molar-refractivity contribution in [2.24, 2.45) is 0 Å². The van der Waals surface area contributed by atoms with Gasteiger partial charge in [-0.25, -0.2) is 4.79 Å². The molecule has 2 aliphatic heterocycles. The molecule has 0 bridgehead atoms. The molecule has 5 nitrogen and oxygen atoms in total. The number of nitrogens with one attached hydrogen (secondary N) is 1. The van der Waals surface area contributed by atoms with Gasteiger partial charge in [-0.1, -0.05) is 18.6 Å². The molecule has 0 aliphatic carbocycles. The fourth-order valence-electron chi connectivity index (χ4n) is 3.95. The molecule has 0 spiro atoms. The third-order valence-corrected chi connectivity index (χ3v) is 5.84. The molecule has 1 aromatic carbocycles. The molecule has 2 heterocycles. The minimum absolute atomic E-state index is 0.0302. The van der Waals surface area contributed by atoms with Crippen molar-refractivity contribution in [2.75, 3.05) is 44.7 Å². The second-order valence-corrected chi connectivity index (χ2v) is 7.62. The first kappa shape index (κ1) is 19.2. The molecule has 5 heteroatoms. The summed E-state index contributed by atoms with van der Waals surface area (Å²) in [6, 6.07) is 6.39. The van der Waals surface area contributed by atoms with Crippen LogP contribution >= 0.6 is 0 Å². The Morgan fingerprint density at radius 1 is 1.19 bits per heavy atom. The Morgan fingerprint density at radius 3 is 2.65 bits per heavy atom. The summed E-state index contributed by atoms with van der Waals surface area (Å²) >= 11 is 0. The molecule has 0 saturated carbocycles. The molecular formula is C21H33N3O2. The highest BCUT2D eigenvalue weighted by molar-refractivity contribution is 5.90. The summed E-state index contributed by atoms with van der Waals surface area (Å²) in [5, 5.41) is 3.16. The van der Waals surface area contributed by atoms with Crippen molar-refractivity contribution in [3.8, 4) is 0 Å². The second-order valence-electron chi connectivity index (χ2n) is 7.62. The molecule has 144 valence electrons. The number of nitrogens with zero attached hydrogens (tertiary/aromatic N) is 2. The maximum absolute atomic E-state index is 13.1. The van der Waals surface area contributed by atoms with E-state index in [1.54, 1.807) is 0 Å². The van der Waals surface area contributed by atoms with Gasteiger partial charge in [0.1, 0.15) is 0 Å². The van der Waals surface area contributed by atoms with E-state index in [1.807, 2.05) is 12.1 Å². The van der Waals surface area contributed by atoms with E-state index in [1.165, 1.54) is 37.9 Å². The first-order valence-corrected chi connectivity index (χ1v) is 10.1. The highest BCUT2D eigenvalue weighted by atomic mass is 16.5. The van der Waals surface area contributed by atoms with E-state index < -0.39 is 0 Å². The molecule has 0 atom stereocenters. The lowest BCUT2D eigenvalue weighted by Crippen LogP contribution is -2.49. The van der Waals surface area contributed by atoms with Crippen LogP contribution in [0.1, 0.15) is 43.2 Å². The van der Waals surface area contributed by atoms with Crippen LogP contribution in [0.25, 0.3) is 0 Å². The number of aryl methyl sites for hydroxylation is 1. The number of rotatable bonds is 5. The molecule has 0 aromatic heterocycles. The minimum atomic E-state index is 0.0302. The Hall–Kier alpha value is -1.59. The van der Waals surface area contributed by atoms with E-state index in [9.17, 15) is 4.79 Å². The Morgan fingerprint density at radius 2 is 1.92 bits per heavy atom. The van der Waals surface area contributed by atoms with Crippen molar-refractivity contribution in [1.29, 1.82) is 0 Å². The first-order valence-electron chi connectivity index (χ1n) is 10.1. The van der Waals surface area contributed by atoms with Gasteiger partial charge in [-0.3, -0.25) is 0 Å². The number of carbonyl (C=O) groups is 1. The largest absolute Gasteiger partial charge is 0.381 e. The fourth-order valence-corrected chi connectivity index (χ4v) is 3.95. The van der Waals surface area contributed by atoms with Gasteiger partial charge in [0, 0.05) is 38.0 Å². The standard InChI is InChI=1S/C21H33N3O2/c1-17-7-6-8-20(18(17)2)22-21(25)24(19-9-15-26-16-10-19)14-13-23-11-4-3-5-12-23/h6-8,19H,3-5,9-16H2,1-2H3,(H,22,25). The van der Waals surface area contributed by atoms with Crippen molar-refractivity contribution in [2.45, 2.75) is 52.0 Å². The van der Waals surface area contributed by atoms with Gasteiger partial charge < -0.3 is 19.9 Å². The quantitative estimate of drug-likeness (QED) is 0.870. The minimum Gasteiger partial charge on any atom is -0.381 e. The van der Waals surface area contributed by atoms with Crippen LogP contribution in [0, 0.1) is 13.8 Å². The molecule has 26 heavy (non-hydrogen) atoms. The summed E-state index contributed by atoms with van der Waals surface area (Å²) in [7, 11) is 0. The fraction of sp³-hybridized carbons (Fsp3) is 0.667. The average molecular weight is 360 g/mol. The maximum Gasteiger partial charge on any atom is 0.322 e. The predicted molar refractivity (Wildman–Crippen MR) is 106 cm³/mol. The zero-order valence-corrected chi connectivity index (χ0v) is 16.3. The molecule has 0 unspecified atom stereocenters. The number of benzene rings is 1. The van der Waals surface area contributed by atoms with E-state index in [2.05, 4.69) is 35.0 Å². The van der Waals surface area contributed by atoms with Gasteiger partial charge in [0.2, 0.25) is 0 Å². The molecule has 2 saturated heterocycles.